The summed E-state index contributed by atoms with van der Waals surface area (Å²) in [5, 5.41) is 13.6. The molecule has 7 heteroatoms. The van der Waals surface area contributed by atoms with Gasteiger partial charge in [-0.1, -0.05) is 0 Å². The number of nitrogens with one attached hydrogen (secondary N) is 1. The second-order valence-electron chi connectivity index (χ2n) is 5.23. The van der Waals surface area contributed by atoms with E-state index >= 15 is 0 Å². The average Bonchev–Trinajstić information content (AvgIpc) is 2.47. The molecule has 0 bridgehead atoms. The number of amides is 1. The Labute approximate surface area is 123 Å². The fourth-order valence-electron chi connectivity index (χ4n) is 2.52. The van der Waals surface area contributed by atoms with Gasteiger partial charge >= 0.3 is 0 Å². The van der Waals surface area contributed by atoms with Gasteiger partial charge in [-0.15, -0.1) is 0 Å². The van der Waals surface area contributed by atoms with Crippen LogP contribution in [-0.2, 0) is 4.79 Å². The number of methoxy groups -OCH3 is 1. The summed E-state index contributed by atoms with van der Waals surface area (Å²) in [7, 11) is 3.44. The van der Waals surface area contributed by atoms with E-state index in [0.717, 1.165) is 19.4 Å². The standard InChI is InChI=1S/C14H19N3O4/c1-16-7-3-4-10(9-16)14(18)15-12-8-11(17(19)20)5-6-13(12)21-2/h5-6,8,10H,3-4,7,9H2,1-2H3,(H,15,18)/t10-/m0/s1. The number of carbonyl (C=O) groups is 1. The summed E-state index contributed by atoms with van der Waals surface area (Å²) in [6, 6.07) is 4.16. The van der Waals surface area contributed by atoms with E-state index in [1.165, 1.54) is 25.3 Å². The van der Waals surface area contributed by atoms with Gasteiger partial charge in [-0.3, -0.25) is 14.9 Å². The Bertz CT molecular complexity index is 547. The Morgan fingerprint density at radius 3 is 2.90 bits per heavy atom. The minimum Gasteiger partial charge on any atom is -0.495 e. The third-order valence-corrected chi connectivity index (χ3v) is 3.65. The molecule has 114 valence electrons. The number of hydrogen-bond acceptors (Lipinski definition) is 5. The molecule has 1 amide bonds. The van der Waals surface area contributed by atoms with Gasteiger partial charge in [0.05, 0.1) is 23.6 Å². The fraction of sp³-hybridized carbons (Fsp3) is 0.500. The first kappa shape index (κ1) is 15.2. The lowest BCUT2D eigenvalue weighted by molar-refractivity contribution is -0.384. The molecule has 0 unspecified atom stereocenters. The monoisotopic (exact) mass is 293 g/mol. The number of ether oxygens (including phenoxy) is 1. The number of nitro groups is 1. The first-order valence-corrected chi connectivity index (χ1v) is 6.83. The van der Waals surface area contributed by atoms with Crippen LogP contribution < -0.4 is 10.1 Å². The molecule has 21 heavy (non-hydrogen) atoms. The van der Waals surface area contributed by atoms with Crippen LogP contribution in [-0.4, -0.2) is 43.0 Å². The third-order valence-electron chi connectivity index (χ3n) is 3.65. The number of nitrogens with zero attached hydrogens (tertiary/aromatic N) is 2. The summed E-state index contributed by atoms with van der Waals surface area (Å²) < 4.78 is 5.14. The van der Waals surface area contributed by atoms with E-state index in [0.29, 0.717) is 18.0 Å². The third kappa shape index (κ3) is 3.69. The van der Waals surface area contributed by atoms with Crippen molar-refractivity contribution in [3.63, 3.8) is 0 Å². The number of piperidine rings is 1. The van der Waals surface area contributed by atoms with Crippen LogP contribution in [0.5, 0.6) is 5.75 Å². The van der Waals surface area contributed by atoms with Crippen molar-refractivity contribution in [1.29, 1.82) is 0 Å². The highest BCUT2D eigenvalue weighted by Gasteiger charge is 2.25. The van der Waals surface area contributed by atoms with Crippen LogP contribution in [0.4, 0.5) is 11.4 Å². The van der Waals surface area contributed by atoms with Gasteiger partial charge in [-0.05, 0) is 32.5 Å². The Hall–Kier alpha value is -2.15. The van der Waals surface area contributed by atoms with Gasteiger partial charge in [0, 0.05) is 18.7 Å². The van der Waals surface area contributed by atoms with Crippen LogP contribution in [0, 0.1) is 16.0 Å². The van der Waals surface area contributed by atoms with Crippen molar-refractivity contribution in [3.05, 3.63) is 28.3 Å². The second-order valence-corrected chi connectivity index (χ2v) is 5.23. The van der Waals surface area contributed by atoms with Crippen LogP contribution in [0.15, 0.2) is 18.2 Å². The maximum absolute atomic E-state index is 12.3. The number of non-ortho nitro benzene ring substituents is 1. The normalized spacial score (nSPS) is 19.0. The van der Waals surface area contributed by atoms with Crippen LogP contribution >= 0.6 is 0 Å². The van der Waals surface area contributed by atoms with Gasteiger partial charge < -0.3 is 15.0 Å². The highest BCUT2D eigenvalue weighted by atomic mass is 16.6. The van der Waals surface area contributed by atoms with E-state index in [4.69, 9.17) is 4.74 Å². The first-order chi connectivity index (χ1) is 10.0. The number of rotatable bonds is 4. The highest BCUT2D eigenvalue weighted by Crippen LogP contribution is 2.29. The number of likely N-dealkylation sites (tertiary alicyclic amines) is 1. The van der Waals surface area contributed by atoms with Gasteiger partial charge in [0.1, 0.15) is 5.75 Å². The maximum Gasteiger partial charge on any atom is 0.271 e. The van der Waals surface area contributed by atoms with Gasteiger partial charge in [0.15, 0.2) is 0 Å². The predicted molar refractivity (Wildman–Crippen MR) is 78.5 cm³/mol. The number of carbonyl (C=O) groups excluding carboxylic acids is 1. The van der Waals surface area contributed by atoms with Gasteiger partial charge in [0.2, 0.25) is 5.91 Å². The number of nitro benzene ring substituents is 1. The quantitative estimate of drug-likeness (QED) is 0.677. The molecule has 7 nitrogen and oxygen atoms in total. The summed E-state index contributed by atoms with van der Waals surface area (Å²) in [6.07, 6.45) is 1.80. The van der Waals surface area contributed by atoms with Gasteiger partial charge in [0.25, 0.3) is 5.69 Å². The van der Waals surface area contributed by atoms with Crippen LogP contribution in [0.25, 0.3) is 0 Å². The number of anilines is 1. The van der Waals surface area contributed by atoms with E-state index < -0.39 is 4.92 Å². The van der Waals surface area contributed by atoms with E-state index in [9.17, 15) is 14.9 Å². The molecular formula is C14H19N3O4. The predicted octanol–water partition coefficient (Wildman–Crippen LogP) is 1.88. The molecule has 1 aliphatic rings. The SMILES string of the molecule is COc1ccc([N+](=O)[O-])cc1NC(=O)[C@H]1CCCN(C)C1. The van der Waals surface area contributed by atoms with E-state index in [2.05, 4.69) is 10.2 Å². The molecule has 1 aromatic rings. The van der Waals surface area contributed by atoms with Crippen molar-refractivity contribution in [2.45, 2.75) is 12.8 Å². The molecule has 0 radical (unpaired) electrons. The van der Waals surface area contributed by atoms with Gasteiger partial charge in [-0.25, -0.2) is 0 Å². The zero-order valence-electron chi connectivity index (χ0n) is 12.2. The Kier molecular flexibility index (Phi) is 4.74. The lowest BCUT2D eigenvalue weighted by Crippen LogP contribution is -2.38. The Balaban J connectivity index is 2.15. The van der Waals surface area contributed by atoms with Crippen molar-refractivity contribution in [2.24, 2.45) is 5.92 Å². The van der Waals surface area contributed by atoms with Crippen LogP contribution in [0.3, 0.4) is 0 Å². The average molecular weight is 293 g/mol. The molecule has 1 aromatic carbocycles. The smallest absolute Gasteiger partial charge is 0.271 e. The van der Waals surface area contributed by atoms with Crippen molar-refractivity contribution in [3.8, 4) is 5.75 Å². The fourth-order valence-corrected chi connectivity index (χ4v) is 2.52. The summed E-state index contributed by atoms with van der Waals surface area (Å²) in [5.41, 5.74) is 0.261. The molecule has 2 rings (SSSR count). The zero-order chi connectivity index (χ0) is 15.4. The maximum atomic E-state index is 12.3. The largest absolute Gasteiger partial charge is 0.495 e. The molecular weight excluding hydrogens is 274 g/mol. The second kappa shape index (κ2) is 6.53. The molecule has 0 spiro atoms. The molecule has 1 aliphatic heterocycles. The molecule has 0 aromatic heterocycles. The lowest BCUT2D eigenvalue weighted by atomic mass is 9.97. The Morgan fingerprint density at radius 2 is 2.29 bits per heavy atom. The summed E-state index contributed by atoms with van der Waals surface area (Å²) in [4.78, 5) is 24.7. The lowest BCUT2D eigenvalue weighted by Gasteiger charge is -2.28. The van der Waals surface area contributed by atoms with Gasteiger partial charge in [-0.2, -0.15) is 0 Å². The van der Waals surface area contributed by atoms with Crippen molar-refractivity contribution in [2.75, 3.05) is 32.6 Å². The van der Waals surface area contributed by atoms with Crippen molar-refractivity contribution < 1.29 is 14.5 Å². The minimum atomic E-state index is -0.497. The van der Waals surface area contributed by atoms with Crippen LogP contribution in [0.1, 0.15) is 12.8 Å². The molecule has 1 N–H and O–H groups in total. The highest BCUT2D eigenvalue weighted by molar-refractivity contribution is 5.94. The van der Waals surface area contributed by atoms with E-state index in [1.807, 2.05) is 7.05 Å². The molecule has 1 fully saturated rings. The number of benzene rings is 1. The molecule has 0 saturated carbocycles. The summed E-state index contributed by atoms with van der Waals surface area (Å²) >= 11 is 0. The van der Waals surface area contributed by atoms with Crippen LogP contribution in [0.2, 0.25) is 0 Å². The van der Waals surface area contributed by atoms with Crippen molar-refractivity contribution >= 4 is 17.3 Å². The summed E-state index contributed by atoms with van der Waals surface area (Å²) in [5.74, 6) is 0.186. The minimum absolute atomic E-state index is 0.0770. The molecule has 1 saturated heterocycles. The Morgan fingerprint density at radius 1 is 1.52 bits per heavy atom. The zero-order valence-corrected chi connectivity index (χ0v) is 12.2. The number of hydrogen-bond donors (Lipinski definition) is 1. The van der Waals surface area contributed by atoms with Crippen molar-refractivity contribution in [1.82, 2.24) is 4.90 Å². The summed E-state index contributed by atoms with van der Waals surface area (Å²) in [6.45, 7) is 1.69. The first-order valence-electron chi connectivity index (χ1n) is 6.83. The topological polar surface area (TPSA) is 84.7 Å². The molecule has 0 aliphatic carbocycles. The van der Waals surface area contributed by atoms with E-state index in [-0.39, 0.29) is 17.5 Å². The van der Waals surface area contributed by atoms with E-state index in [1.54, 1.807) is 0 Å². The molecule has 1 heterocycles. The molecule has 1 atom stereocenters.